The van der Waals surface area contributed by atoms with E-state index in [9.17, 15) is 15.0 Å². The molecule has 1 unspecified atom stereocenters. The van der Waals surface area contributed by atoms with E-state index in [0.717, 1.165) is 0 Å². The van der Waals surface area contributed by atoms with Crippen LogP contribution in [-0.4, -0.2) is 17.2 Å². The zero-order chi connectivity index (χ0) is 10.9. The summed E-state index contributed by atoms with van der Waals surface area (Å²) >= 11 is 0. The SMILES string of the molecule is CC(C)(C)CC(O)C(C)(C)C(=O)[O-]. The van der Waals surface area contributed by atoms with Crippen LogP contribution in [0.1, 0.15) is 41.0 Å². The first-order valence-corrected chi connectivity index (χ1v) is 4.47. The molecule has 3 heteroatoms. The molecular formula is C10H19O3-. The fraction of sp³-hybridized carbons (Fsp3) is 0.900. The highest BCUT2D eigenvalue weighted by atomic mass is 16.4. The van der Waals surface area contributed by atoms with Crippen molar-refractivity contribution < 1.29 is 15.0 Å². The third kappa shape index (κ3) is 3.77. The molecular weight excluding hydrogens is 168 g/mol. The number of hydrogen-bond acceptors (Lipinski definition) is 3. The summed E-state index contributed by atoms with van der Waals surface area (Å²) in [5.41, 5.74) is -1.25. The Morgan fingerprint density at radius 3 is 1.92 bits per heavy atom. The monoisotopic (exact) mass is 187 g/mol. The standard InChI is InChI=1S/C10H20O3/c1-9(2,3)6-7(11)10(4,5)8(12)13/h7,11H,6H2,1-5H3,(H,12,13)/p-1. The summed E-state index contributed by atoms with van der Waals surface area (Å²) in [4.78, 5) is 10.7. The van der Waals surface area contributed by atoms with Crippen LogP contribution in [0.4, 0.5) is 0 Å². The van der Waals surface area contributed by atoms with E-state index in [1.165, 1.54) is 13.8 Å². The van der Waals surface area contributed by atoms with Crippen molar-refractivity contribution in [2.24, 2.45) is 10.8 Å². The van der Waals surface area contributed by atoms with Gasteiger partial charge in [-0.15, -0.1) is 0 Å². The number of carboxylic acid groups (broad SMARTS) is 1. The Kier molecular flexibility index (Phi) is 3.50. The third-order valence-electron chi connectivity index (χ3n) is 2.16. The lowest BCUT2D eigenvalue weighted by atomic mass is 9.77. The van der Waals surface area contributed by atoms with Crippen LogP contribution in [0.15, 0.2) is 0 Å². The van der Waals surface area contributed by atoms with Crippen LogP contribution in [-0.2, 0) is 4.79 Å². The molecule has 78 valence electrons. The average molecular weight is 187 g/mol. The zero-order valence-corrected chi connectivity index (χ0v) is 9.05. The molecule has 0 fully saturated rings. The van der Waals surface area contributed by atoms with E-state index >= 15 is 0 Å². The molecule has 0 aliphatic rings. The highest BCUT2D eigenvalue weighted by Gasteiger charge is 2.32. The lowest BCUT2D eigenvalue weighted by Crippen LogP contribution is -2.47. The Bertz CT molecular complexity index is 189. The number of carboxylic acids is 1. The molecule has 0 heterocycles. The van der Waals surface area contributed by atoms with Gasteiger partial charge in [0.15, 0.2) is 0 Å². The van der Waals surface area contributed by atoms with Gasteiger partial charge in [0.2, 0.25) is 0 Å². The molecule has 0 aliphatic heterocycles. The van der Waals surface area contributed by atoms with Gasteiger partial charge in [-0.25, -0.2) is 0 Å². The van der Waals surface area contributed by atoms with Gasteiger partial charge in [-0.1, -0.05) is 34.6 Å². The number of hydrogen-bond donors (Lipinski definition) is 1. The summed E-state index contributed by atoms with van der Waals surface area (Å²) in [5.74, 6) is -1.20. The molecule has 0 aromatic heterocycles. The second-order valence-corrected chi connectivity index (χ2v) is 5.29. The minimum absolute atomic E-state index is 0.0772. The van der Waals surface area contributed by atoms with Crippen LogP contribution >= 0.6 is 0 Å². The number of rotatable bonds is 3. The number of carbonyl (C=O) groups is 1. The minimum Gasteiger partial charge on any atom is -0.549 e. The summed E-state index contributed by atoms with van der Waals surface area (Å²) in [6.07, 6.45) is -0.411. The molecule has 1 N–H and O–H groups in total. The fourth-order valence-electron chi connectivity index (χ4n) is 0.971. The quantitative estimate of drug-likeness (QED) is 0.702. The summed E-state index contributed by atoms with van der Waals surface area (Å²) in [6.45, 7) is 8.85. The molecule has 0 saturated heterocycles. The van der Waals surface area contributed by atoms with Crippen molar-refractivity contribution in [2.75, 3.05) is 0 Å². The number of aliphatic hydroxyl groups excluding tert-OH is 1. The van der Waals surface area contributed by atoms with Crippen molar-refractivity contribution in [3.8, 4) is 0 Å². The predicted octanol–water partition coefficient (Wildman–Crippen LogP) is 0.560. The molecule has 0 aliphatic carbocycles. The van der Waals surface area contributed by atoms with Crippen LogP contribution in [0, 0.1) is 10.8 Å². The molecule has 0 spiro atoms. The van der Waals surface area contributed by atoms with Gasteiger partial charge < -0.3 is 15.0 Å². The molecule has 0 bridgehead atoms. The first kappa shape index (κ1) is 12.4. The lowest BCUT2D eigenvalue weighted by Gasteiger charge is -2.35. The van der Waals surface area contributed by atoms with Gasteiger partial charge in [0.1, 0.15) is 0 Å². The van der Waals surface area contributed by atoms with Crippen molar-refractivity contribution in [1.29, 1.82) is 0 Å². The largest absolute Gasteiger partial charge is 0.549 e. The van der Waals surface area contributed by atoms with Gasteiger partial charge in [-0.3, -0.25) is 0 Å². The van der Waals surface area contributed by atoms with E-state index in [-0.39, 0.29) is 5.41 Å². The van der Waals surface area contributed by atoms with Crippen LogP contribution in [0.2, 0.25) is 0 Å². The Balaban J connectivity index is 4.43. The van der Waals surface area contributed by atoms with Gasteiger partial charge in [0, 0.05) is 11.4 Å². The zero-order valence-electron chi connectivity index (χ0n) is 9.05. The van der Waals surface area contributed by atoms with Gasteiger partial charge in [0.25, 0.3) is 0 Å². The molecule has 3 nitrogen and oxygen atoms in total. The topological polar surface area (TPSA) is 60.4 Å². The molecule has 0 saturated carbocycles. The van der Waals surface area contributed by atoms with Crippen molar-refractivity contribution in [3.05, 3.63) is 0 Å². The summed E-state index contributed by atoms with van der Waals surface area (Å²) < 4.78 is 0. The molecule has 0 amide bonds. The van der Waals surface area contributed by atoms with Crippen molar-refractivity contribution in [1.82, 2.24) is 0 Å². The van der Waals surface area contributed by atoms with Crippen molar-refractivity contribution in [3.63, 3.8) is 0 Å². The summed E-state index contributed by atoms with van der Waals surface area (Å²) in [7, 11) is 0. The van der Waals surface area contributed by atoms with Crippen LogP contribution in [0.25, 0.3) is 0 Å². The minimum atomic E-state index is -1.20. The number of aliphatic carboxylic acids is 1. The van der Waals surface area contributed by atoms with Gasteiger partial charge in [0.05, 0.1) is 6.10 Å². The Morgan fingerprint density at radius 1 is 1.31 bits per heavy atom. The van der Waals surface area contributed by atoms with Gasteiger partial charge in [-0.05, 0) is 11.8 Å². The molecule has 1 atom stereocenters. The van der Waals surface area contributed by atoms with E-state index in [1.807, 2.05) is 20.8 Å². The van der Waals surface area contributed by atoms with Crippen molar-refractivity contribution in [2.45, 2.75) is 47.1 Å². The first-order chi connectivity index (χ1) is 5.57. The van der Waals surface area contributed by atoms with E-state index < -0.39 is 17.5 Å². The van der Waals surface area contributed by atoms with E-state index in [1.54, 1.807) is 0 Å². The predicted molar refractivity (Wildman–Crippen MR) is 48.9 cm³/mol. The lowest BCUT2D eigenvalue weighted by molar-refractivity contribution is -0.321. The number of carbonyl (C=O) groups excluding carboxylic acids is 1. The molecule has 0 rings (SSSR count). The maximum absolute atomic E-state index is 10.7. The Morgan fingerprint density at radius 2 is 1.69 bits per heavy atom. The third-order valence-corrected chi connectivity index (χ3v) is 2.16. The molecule has 0 radical (unpaired) electrons. The fourth-order valence-corrected chi connectivity index (χ4v) is 0.971. The van der Waals surface area contributed by atoms with E-state index in [0.29, 0.717) is 6.42 Å². The summed E-state index contributed by atoms with van der Waals surface area (Å²) in [5, 5.41) is 20.3. The van der Waals surface area contributed by atoms with E-state index in [2.05, 4.69) is 0 Å². The molecule has 0 aromatic rings. The number of aliphatic hydroxyl groups is 1. The maximum Gasteiger partial charge on any atom is 0.0648 e. The Labute approximate surface area is 79.8 Å². The van der Waals surface area contributed by atoms with Crippen molar-refractivity contribution >= 4 is 5.97 Å². The first-order valence-electron chi connectivity index (χ1n) is 4.47. The Hall–Kier alpha value is -0.570. The van der Waals surface area contributed by atoms with E-state index in [4.69, 9.17) is 0 Å². The van der Waals surface area contributed by atoms with Crippen LogP contribution in [0.3, 0.4) is 0 Å². The summed E-state index contributed by atoms with van der Waals surface area (Å²) in [6, 6.07) is 0. The highest BCUT2D eigenvalue weighted by Crippen LogP contribution is 2.30. The second-order valence-electron chi connectivity index (χ2n) is 5.29. The molecule has 0 aromatic carbocycles. The average Bonchev–Trinajstić information content (AvgIpc) is 1.82. The maximum atomic E-state index is 10.7. The normalized spacial score (nSPS) is 15.5. The highest BCUT2D eigenvalue weighted by molar-refractivity contribution is 5.72. The van der Waals surface area contributed by atoms with Crippen LogP contribution < -0.4 is 5.11 Å². The second kappa shape index (κ2) is 3.66. The van der Waals surface area contributed by atoms with Crippen LogP contribution in [0.5, 0.6) is 0 Å². The van der Waals surface area contributed by atoms with Gasteiger partial charge >= 0.3 is 0 Å². The smallest absolute Gasteiger partial charge is 0.0648 e. The van der Waals surface area contributed by atoms with Gasteiger partial charge in [-0.2, -0.15) is 0 Å². The molecule has 13 heavy (non-hydrogen) atoms.